The van der Waals surface area contributed by atoms with E-state index in [0.29, 0.717) is 24.5 Å². The summed E-state index contributed by atoms with van der Waals surface area (Å²) in [5.74, 6) is 0.319. The Morgan fingerprint density at radius 1 is 1.20 bits per heavy atom. The molecule has 0 bridgehead atoms. The van der Waals surface area contributed by atoms with E-state index in [-0.39, 0.29) is 12.0 Å². The molecule has 2 atom stereocenters. The predicted molar refractivity (Wildman–Crippen MR) is 80.6 cm³/mol. The van der Waals surface area contributed by atoms with Gasteiger partial charge in [0.2, 0.25) is 5.91 Å². The van der Waals surface area contributed by atoms with Gasteiger partial charge in [0.15, 0.2) is 0 Å². The van der Waals surface area contributed by atoms with Crippen LogP contribution in [0.3, 0.4) is 0 Å². The third-order valence-corrected chi connectivity index (χ3v) is 5.50. The van der Waals surface area contributed by atoms with Crippen molar-refractivity contribution < 1.29 is 9.53 Å². The van der Waals surface area contributed by atoms with Crippen molar-refractivity contribution in [3.05, 3.63) is 0 Å². The summed E-state index contributed by atoms with van der Waals surface area (Å²) in [7, 11) is 0. The second-order valence-electron chi connectivity index (χ2n) is 6.34. The summed E-state index contributed by atoms with van der Waals surface area (Å²) < 4.78 is 5.51. The Hall–Kier alpha value is -0.610. The highest BCUT2D eigenvalue weighted by atomic mass is 16.5. The average Bonchev–Trinajstić information content (AvgIpc) is 2.95. The molecule has 1 N–H and O–H groups in total. The first-order chi connectivity index (χ1) is 9.65. The average molecular weight is 282 g/mol. The molecule has 2 heterocycles. The number of nitrogens with one attached hydrogen (secondary N) is 1. The van der Waals surface area contributed by atoms with E-state index in [0.717, 1.165) is 32.5 Å². The van der Waals surface area contributed by atoms with E-state index >= 15 is 0 Å². The lowest BCUT2D eigenvalue weighted by molar-refractivity contribution is -0.138. The number of piperidine rings is 1. The Labute approximate surface area is 123 Å². The molecule has 4 heteroatoms. The summed E-state index contributed by atoms with van der Waals surface area (Å²) in [6, 6.07) is 0.205. The van der Waals surface area contributed by atoms with E-state index in [2.05, 4.69) is 31.0 Å². The van der Waals surface area contributed by atoms with Crippen molar-refractivity contribution in [1.82, 2.24) is 10.2 Å². The molecular weight excluding hydrogens is 252 g/mol. The van der Waals surface area contributed by atoms with Crippen LogP contribution in [0.2, 0.25) is 0 Å². The molecule has 0 aromatic heterocycles. The quantitative estimate of drug-likeness (QED) is 0.839. The number of nitrogens with zero attached hydrogens (tertiary/aromatic N) is 1. The smallest absolute Gasteiger partial charge is 0.229 e. The second-order valence-corrected chi connectivity index (χ2v) is 6.34. The van der Waals surface area contributed by atoms with Gasteiger partial charge in [-0.25, -0.2) is 0 Å². The van der Waals surface area contributed by atoms with Crippen LogP contribution >= 0.6 is 0 Å². The molecule has 0 aromatic rings. The minimum absolute atomic E-state index is 0.0192. The number of amides is 1. The van der Waals surface area contributed by atoms with Crippen LogP contribution in [-0.2, 0) is 9.53 Å². The molecule has 0 aliphatic carbocycles. The van der Waals surface area contributed by atoms with Gasteiger partial charge in [0.25, 0.3) is 0 Å². The zero-order chi connectivity index (χ0) is 14.6. The molecule has 0 saturated carbocycles. The molecule has 20 heavy (non-hydrogen) atoms. The molecule has 116 valence electrons. The van der Waals surface area contributed by atoms with Gasteiger partial charge in [-0.2, -0.15) is 0 Å². The van der Waals surface area contributed by atoms with Gasteiger partial charge in [-0.15, -0.1) is 0 Å². The van der Waals surface area contributed by atoms with Crippen LogP contribution in [-0.4, -0.2) is 49.7 Å². The standard InChI is InChI=1S/C16H30N2O2/c1-4-16(5-2)7-9-18(10-8-16)15(19)13-11-20-12-14(13)17-6-3/h13-14,17H,4-12H2,1-3H3. The van der Waals surface area contributed by atoms with Crippen LogP contribution in [0.1, 0.15) is 46.5 Å². The number of carbonyl (C=O) groups is 1. The number of likely N-dealkylation sites (N-methyl/N-ethyl adjacent to an activating group) is 1. The largest absolute Gasteiger partial charge is 0.379 e. The van der Waals surface area contributed by atoms with Crippen LogP contribution in [0.4, 0.5) is 0 Å². The highest BCUT2D eigenvalue weighted by molar-refractivity contribution is 5.80. The summed E-state index contributed by atoms with van der Waals surface area (Å²) >= 11 is 0. The first kappa shape index (κ1) is 15.8. The number of ether oxygens (including phenoxy) is 1. The number of hydrogen-bond donors (Lipinski definition) is 1. The van der Waals surface area contributed by atoms with Crippen molar-refractivity contribution in [3.8, 4) is 0 Å². The van der Waals surface area contributed by atoms with Crippen LogP contribution in [0.25, 0.3) is 0 Å². The van der Waals surface area contributed by atoms with Gasteiger partial charge in [-0.3, -0.25) is 4.79 Å². The molecule has 0 spiro atoms. The van der Waals surface area contributed by atoms with Crippen LogP contribution < -0.4 is 5.32 Å². The van der Waals surface area contributed by atoms with Crippen molar-refractivity contribution >= 4 is 5.91 Å². The minimum atomic E-state index is 0.0192. The molecule has 2 aliphatic heterocycles. The number of carbonyl (C=O) groups excluding carboxylic acids is 1. The van der Waals surface area contributed by atoms with Gasteiger partial charge in [0.1, 0.15) is 0 Å². The number of rotatable bonds is 5. The molecule has 2 fully saturated rings. The van der Waals surface area contributed by atoms with Crippen molar-refractivity contribution in [2.24, 2.45) is 11.3 Å². The predicted octanol–water partition coefficient (Wildman–Crippen LogP) is 2.04. The fourth-order valence-corrected chi connectivity index (χ4v) is 3.65. The van der Waals surface area contributed by atoms with Crippen LogP contribution in [0.15, 0.2) is 0 Å². The SMILES string of the molecule is CCNC1COCC1C(=O)N1CCC(CC)(CC)CC1. The molecule has 2 saturated heterocycles. The Morgan fingerprint density at radius 3 is 2.40 bits per heavy atom. The van der Waals surface area contributed by atoms with Gasteiger partial charge in [-0.1, -0.05) is 33.6 Å². The summed E-state index contributed by atoms with van der Waals surface area (Å²) in [4.78, 5) is 14.8. The lowest BCUT2D eigenvalue weighted by Crippen LogP contribution is -2.49. The summed E-state index contributed by atoms with van der Waals surface area (Å²) in [5.41, 5.74) is 0.476. The Kier molecular flexibility index (Phi) is 5.44. The number of likely N-dealkylation sites (tertiary alicyclic amines) is 1. The van der Waals surface area contributed by atoms with E-state index in [1.54, 1.807) is 0 Å². The fraction of sp³-hybridized carbons (Fsp3) is 0.938. The van der Waals surface area contributed by atoms with Gasteiger partial charge in [0, 0.05) is 19.1 Å². The van der Waals surface area contributed by atoms with E-state index in [9.17, 15) is 4.79 Å². The maximum absolute atomic E-state index is 12.7. The van der Waals surface area contributed by atoms with Crippen molar-refractivity contribution in [2.75, 3.05) is 32.8 Å². The van der Waals surface area contributed by atoms with Crippen molar-refractivity contribution in [2.45, 2.75) is 52.5 Å². The maximum atomic E-state index is 12.7. The molecule has 2 unspecified atom stereocenters. The van der Waals surface area contributed by atoms with Crippen molar-refractivity contribution in [3.63, 3.8) is 0 Å². The first-order valence-corrected chi connectivity index (χ1v) is 8.25. The minimum Gasteiger partial charge on any atom is -0.379 e. The summed E-state index contributed by atoms with van der Waals surface area (Å²) in [6.07, 6.45) is 4.78. The van der Waals surface area contributed by atoms with E-state index in [4.69, 9.17) is 4.74 Å². The highest BCUT2D eigenvalue weighted by Gasteiger charge is 2.39. The summed E-state index contributed by atoms with van der Waals surface area (Å²) in [5, 5.41) is 3.38. The summed E-state index contributed by atoms with van der Waals surface area (Å²) in [6.45, 7) is 10.7. The molecule has 1 amide bonds. The lowest BCUT2D eigenvalue weighted by atomic mass is 9.74. The molecule has 4 nitrogen and oxygen atoms in total. The topological polar surface area (TPSA) is 41.6 Å². The van der Waals surface area contributed by atoms with E-state index in [1.807, 2.05) is 0 Å². The first-order valence-electron chi connectivity index (χ1n) is 8.25. The van der Waals surface area contributed by atoms with Gasteiger partial charge < -0.3 is 15.0 Å². The van der Waals surface area contributed by atoms with Crippen molar-refractivity contribution in [1.29, 1.82) is 0 Å². The molecule has 2 rings (SSSR count). The lowest BCUT2D eigenvalue weighted by Gasteiger charge is -2.42. The molecule has 0 radical (unpaired) electrons. The van der Waals surface area contributed by atoms with Gasteiger partial charge in [-0.05, 0) is 24.8 Å². The van der Waals surface area contributed by atoms with Crippen LogP contribution in [0, 0.1) is 11.3 Å². The maximum Gasteiger partial charge on any atom is 0.229 e. The zero-order valence-corrected chi connectivity index (χ0v) is 13.3. The fourth-order valence-electron chi connectivity index (χ4n) is 3.65. The normalized spacial score (nSPS) is 29.6. The van der Waals surface area contributed by atoms with Gasteiger partial charge >= 0.3 is 0 Å². The molecule has 0 aromatic carbocycles. The van der Waals surface area contributed by atoms with Gasteiger partial charge in [0.05, 0.1) is 19.1 Å². The Morgan fingerprint density at radius 2 is 1.85 bits per heavy atom. The molecule has 2 aliphatic rings. The van der Waals surface area contributed by atoms with E-state index in [1.165, 1.54) is 12.8 Å². The third-order valence-electron chi connectivity index (χ3n) is 5.50. The van der Waals surface area contributed by atoms with Crippen LogP contribution in [0.5, 0.6) is 0 Å². The highest BCUT2D eigenvalue weighted by Crippen LogP contribution is 2.38. The zero-order valence-electron chi connectivity index (χ0n) is 13.3. The third kappa shape index (κ3) is 3.17. The number of hydrogen-bond acceptors (Lipinski definition) is 3. The second kappa shape index (κ2) is 6.90. The molecular formula is C16H30N2O2. The van der Waals surface area contributed by atoms with E-state index < -0.39 is 0 Å². The Bertz CT molecular complexity index is 318. The Balaban J connectivity index is 1.91. The monoisotopic (exact) mass is 282 g/mol.